The summed E-state index contributed by atoms with van der Waals surface area (Å²) in [5.41, 5.74) is -0.160. The van der Waals surface area contributed by atoms with Crippen LogP contribution in [0.5, 0.6) is 0 Å². The predicted molar refractivity (Wildman–Crippen MR) is 112 cm³/mol. The first-order valence-corrected chi connectivity index (χ1v) is 11.7. The molecule has 0 atom stereocenters. The molecule has 1 heterocycles. The molecule has 1 aliphatic rings. The minimum Gasteiger partial charge on any atom is -0.351 e. The highest BCUT2D eigenvalue weighted by Gasteiger charge is 2.39. The van der Waals surface area contributed by atoms with Crippen molar-refractivity contribution in [1.82, 2.24) is 9.62 Å². The van der Waals surface area contributed by atoms with Gasteiger partial charge in [-0.05, 0) is 37.0 Å². The summed E-state index contributed by atoms with van der Waals surface area (Å²) in [6, 6.07) is 12.8. The fraction of sp³-hybridized carbons (Fsp3) is 0.409. The van der Waals surface area contributed by atoms with Gasteiger partial charge in [-0.15, -0.1) is 0 Å². The summed E-state index contributed by atoms with van der Waals surface area (Å²) in [5, 5.41) is 2.68. The minimum atomic E-state index is -3.30. The zero-order valence-electron chi connectivity index (χ0n) is 16.9. The van der Waals surface area contributed by atoms with Crippen LogP contribution in [-0.2, 0) is 15.4 Å². The summed E-state index contributed by atoms with van der Waals surface area (Å²) >= 11 is 0. The number of benzene rings is 2. The zero-order chi connectivity index (χ0) is 21.8. The van der Waals surface area contributed by atoms with Gasteiger partial charge in [-0.25, -0.2) is 21.5 Å². The first-order chi connectivity index (χ1) is 14.3. The fourth-order valence-electron chi connectivity index (χ4n) is 3.99. The number of hydrogen-bond acceptors (Lipinski definition) is 3. The Morgan fingerprint density at radius 2 is 1.63 bits per heavy atom. The summed E-state index contributed by atoms with van der Waals surface area (Å²) < 4.78 is 54.3. The maximum atomic E-state index is 14.0. The van der Waals surface area contributed by atoms with Gasteiger partial charge in [0.1, 0.15) is 17.2 Å². The Kier molecular flexibility index (Phi) is 6.88. The quantitative estimate of drug-likeness (QED) is 0.723. The van der Waals surface area contributed by atoms with Gasteiger partial charge in [-0.1, -0.05) is 43.3 Å². The van der Waals surface area contributed by atoms with E-state index in [1.165, 1.54) is 10.4 Å². The molecule has 0 radical (unpaired) electrons. The number of hydrogen-bond donors (Lipinski definition) is 1. The van der Waals surface area contributed by atoms with Gasteiger partial charge in [0.2, 0.25) is 10.0 Å². The van der Waals surface area contributed by atoms with Gasteiger partial charge in [-0.2, -0.15) is 0 Å². The van der Waals surface area contributed by atoms with Gasteiger partial charge in [0.05, 0.1) is 5.75 Å². The molecule has 1 N–H and O–H groups in total. The molecule has 0 unspecified atom stereocenters. The van der Waals surface area contributed by atoms with E-state index >= 15 is 0 Å². The zero-order valence-corrected chi connectivity index (χ0v) is 17.7. The van der Waals surface area contributed by atoms with Crippen LogP contribution in [0.2, 0.25) is 0 Å². The molecule has 5 nitrogen and oxygen atoms in total. The van der Waals surface area contributed by atoms with Crippen LogP contribution < -0.4 is 5.32 Å². The number of nitrogens with one attached hydrogen (secondary N) is 1. The first kappa shape index (κ1) is 22.4. The van der Waals surface area contributed by atoms with Gasteiger partial charge in [0.15, 0.2) is 0 Å². The molecular weight excluding hydrogens is 410 g/mol. The molecule has 0 aliphatic carbocycles. The van der Waals surface area contributed by atoms with Crippen molar-refractivity contribution in [2.24, 2.45) is 0 Å². The van der Waals surface area contributed by atoms with Crippen LogP contribution in [0, 0.1) is 11.6 Å². The molecule has 1 amide bonds. The van der Waals surface area contributed by atoms with E-state index in [-0.39, 0.29) is 12.3 Å². The Morgan fingerprint density at radius 3 is 2.20 bits per heavy atom. The SMILES string of the molecule is CCCS(=O)(=O)N1CCC(CNC(=O)c2c(F)cccc2F)(c2ccccc2)CC1. The van der Waals surface area contributed by atoms with E-state index in [1.54, 1.807) is 0 Å². The monoisotopic (exact) mass is 436 g/mol. The fourth-order valence-corrected chi connectivity index (χ4v) is 5.50. The van der Waals surface area contributed by atoms with Gasteiger partial charge in [-0.3, -0.25) is 4.79 Å². The van der Waals surface area contributed by atoms with Crippen molar-refractivity contribution < 1.29 is 22.0 Å². The van der Waals surface area contributed by atoms with Gasteiger partial charge in [0.25, 0.3) is 5.91 Å². The van der Waals surface area contributed by atoms with Crippen LogP contribution in [0.25, 0.3) is 0 Å². The lowest BCUT2D eigenvalue weighted by Crippen LogP contribution is -2.50. The van der Waals surface area contributed by atoms with Crippen LogP contribution >= 0.6 is 0 Å². The number of carbonyl (C=O) groups excluding carboxylic acids is 1. The second kappa shape index (κ2) is 9.22. The summed E-state index contributed by atoms with van der Waals surface area (Å²) in [6.07, 6.45) is 1.55. The van der Waals surface area contributed by atoms with Crippen LogP contribution in [-0.4, -0.2) is 44.0 Å². The molecular formula is C22H26F2N2O3S. The van der Waals surface area contributed by atoms with Crippen LogP contribution in [0.4, 0.5) is 8.78 Å². The predicted octanol–water partition coefficient (Wildman–Crippen LogP) is 3.47. The average Bonchev–Trinajstić information content (AvgIpc) is 2.73. The Morgan fingerprint density at radius 1 is 1.03 bits per heavy atom. The topological polar surface area (TPSA) is 66.5 Å². The summed E-state index contributed by atoms with van der Waals surface area (Å²) in [5.74, 6) is -2.54. The number of carbonyl (C=O) groups is 1. The molecule has 0 aromatic heterocycles. The second-order valence-corrected chi connectivity index (χ2v) is 9.73. The van der Waals surface area contributed by atoms with E-state index in [0.717, 1.165) is 17.7 Å². The summed E-state index contributed by atoms with van der Waals surface area (Å²) in [7, 11) is -3.30. The van der Waals surface area contributed by atoms with E-state index in [4.69, 9.17) is 0 Å². The highest BCUT2D eigenvalue weighted by Crippen LogP contribution is 2.36. The molecule has 8 heteroatoms. The summed E-state index contributed by atoms with van der Waals surface area (Å²) in [4.78, 5) is 12.5. The largest absolute Gasteiger partial charge is 0.351 e. The number of halogens is 2. The van der Waals surface area contributed by atoms with Crippen molar-refractivity contribution in [3.8, 4) is 0 Å². The third-order valence-electron chi connectivity index (χ3n) is 5.70. The van der Waals surface area contributed by atoms with Crippen molar-refractivity contribution in [2.75, 3.05) is 25.4 Å². The Balaban J connectivity index is 1.81. The molecule has 2 aromatic carbocycles. The Bertz CT molecular complexity index is 968. The van der Waals surface area contributed by atoms with E-state index in [2.05, 4.69) is 5.32 Å². The molecule has 0 saturated carbocycles. The van der Waals surface area contributed by atoms with Crippen LogP contribution in [0.3, 0.4) is 0 Å². The van der Waals surface area contributed by atoms with Crippen molar-refractivity contribution in [1.29, 1.82) is 0 Å². The third-order valence-corrected chi connectivity index (χ3v) is 7.77. The van der Waals surface area contributed by atoms with E-state index < -0.39 is 38.5 Å². The molecule has 3 rings (SSSR count). The normalized spacial score (nSPS) is 16.9. The minimum absolute atomic E-state index is 0.106. The second-order valence-electron chi connectivity index (χ2n) is 7.64. The van der Waals surface area contributed by atoms with Crippen molar-refractivity contribution >= 4 is 15.9 Å². The number of amides is 1. The van der Waals surface area contributed by atoms with E-state index in [0.29, 0.717) is 32.4 Å². The highest BCUT2D eigenvalue weighted by molar-refractivity contribution is 7.89. The van der Waals surface area contributed by atoms with Gasteiger partial charge < -0.3 is 5.32 Å². The lowest BCUT2D eigenvalue weighted by atomic mass is 9.73. The smallest absolute Gasteiger partial charge is 0.257 e. The molecule has 1 saturated heterocycles. The first-order valence-electron chi connectivity index (χ1n) is 10.0. The van der Waals surface area contributed by atoms with Crippen LogP contribution in [0.1, 0.15) is 42.1 Å². The number of rotatable bonds is 7. The molecule has 162 valence electrons. The lowest BCUT2D eigenvalue weighted by Gasteiger charge is -2.42. The Hall–Kier alpha value is -2.32. The number of sulfonamides is 1. The number of piperidine rings is 1. The maximum Gasteiger partial charge on any atom is 0.257 e. The molecule has 0 bridgehead atoms. The lowest BCUT2D eigenvalue weighted by molar-refractivity contribution is 0.0924. The highest BCUT2D eigenvalue weighted by atomic mass is 32.2. The van der Waals surface area contributed by atoms with Gasteiger partial charge in [0, 0.05) is 25.0 Å². The molecule has 2 aromatic rings. The van der Waals surface area contributed by atoms with Crippen LogP contribution in [0.15, 0.2) is 48.5 Å². The van der Waals surface area contributed by atoms with Crippen molar-refractivity contribution in [2.45, 2.75) is 31.6 Å². The Labute approximate surface area is 176 Å². The maximum absolute atomic E-state index is 14.0. The summed E-state index contributed by atoms with van der Waals surface area (Å²) in [6.45, 7) is 2.65. The van der Waals surface area contributed by atoms with E-state index in [1.807, 2.05) is 37.3 Å². The molecule has 1 fully saturated rings. The molecule has 1 aliphatic heterocycles. The standard InChI is InChI=1S/C22H26F2N2O3S/c1-2-15-30(28,29)26-13-11-22(12-14-26,17-7-4-3-5-8-17)16-25-21(27)20-18(23)9-6-10-19(20)24/h3-10H,2,11-16H2,1H3,(H,25,27). The van der Waals surface area contributed by atoms with Crippen molar-refractivity contribution in [3.63, 3.8) is 0 Å². The molecule has 30 heavy (non-hydrogen) atoms. The average molecular weight is 437 g/mol. The van der Waals surface area contributed by atoms with Gasteiger partial charge >= 0.3 is 0 Å². The third kappa shape index (κ3) is 4.70. The number of nitrogens with zero attached hydrogens (tertiary/aromatic N) is 1. The van der Waals surface area contributed by atoms with Crippen molar-refractivity contribution in [3.05, 3.63) is 71.3 Å². The van der Waals surface area contributed by atoms with E-state index in [9.17, 15) is 22.0 Å². The molecule has 0 spiro atoms.